The molecule has 1 rings (SSSR count). The third kappa shape index (κ3) is 6.27. The van der Waals surface area contributed by atoms with Crippen LogP contribution in [0, 0.1) is 0 Å². The first kappa shape index (κ1) is 16.8. The zero-order valence-electron chi connectivity index (χ0n) is 11.7. The molecule has 4 nitrogen and oxygen atoms in total. The van der Waals surface area contributed by atoms with Crippen LogP contribution in [0.5, 0.6) is 0 Å². The first-order chi connectivity index (χ1) is 9.34. The van der Waals surface area contributed by atoms with Crippen molar-refractivity contribution in [2.24, 2.45) is 0 Å². The molecule has 116 valence electrons. The van der Waals surface area contributed by atoms with Gasteiger partial charge in [-0.15, -0.1) is 6.58 Å². The highest BCUT2D eigenvalue weighted by Crippen LogP contribution is 2.19. The number of carbonyl (C=O) groups excluding carboxylic acids is 1. The molecule has 2 N–H and O–H groups in total. The molecule has 0 radical (unpaired) electrons. The first-order valence-electron chi connectivity index (χ1n) is 6.81. The van der Waals surface area contributed by atoms with Crippen molar-refractivity contribution in [1.82, 2.24) is 15.5 Å². The van der Waals surface area contributed by atoms with Crippen molar-refractivity contribution in [3.8, 4) is 0 Å². The van der Waals surface area contributed by atoms with E-state index in [9.17, 15) is 18.0 Å². The van der Waals surface area contributed by atoms with Crippen LogP contribution in [0.1, 0.15) is 26.2 Å². The molecule has 20 heavy (non-hydrogen) atoms. The van der Waals surface area contributed by atoms with Gasteiger partial charge in [-0.3, -0.25) is 4.90 Å². The lowest BCUT2D eigenvalue weighted by atomic mass is 10.1. The van der Waals surface area contributed by atoms with E-state index in [4.69, 9.17) is 0 Å². The highest BCUT2D eigenvalue weighted by atomic mass is 19.4. The molecule has 0 bridgehead atoms. The van der Waals surface area contributed by atoms with E-state index in [2.05, 4.69) is 17.2 Å². The predicted molar refractivity (Wildman–Crippen MR) is 71.5 cm³/mol. The fourth-order valence-corrected chi connectivity index (χ4v) is 2.29. The van der Waals surface area contributed by atoms with Crippen molar-refractivity contribution in [1.29, 1.82) is 0 Å². The maximum absolute atomic E-state index is 12.2. The number of nitrogens with one attached hydrogen (secondary N) is 2. The van der Waals surface area contributed by atoms with Crippen LogP contribution in [0.2, 0.25) is 0 Å². The van der Waals surface area contributed by atoms with Crippen LogP contribution >= 0.6 is 0 Å². The zero-order valence-corrected chi connectivity index (χ0v) is 11.7. The Morgan fingerprint density at radius 2 is 2.25 bits per heavy atom. The van der Waals surface area contributed by atoms with Crippen LogP contribution in [0.3, 0.4) is 0 Å². The minimum absolute atomic E-state index is 0.0141. The van der Waals surface area contributed by atoms with Gasteiger partial charge in [-0.2, -0.15) is 13.2 Å². The van der Waals surface area contributed by atoms with E-state index in [0.717, 1.165) is 6.42 Å². The average Bonchev–Trinajstić information content (AvgIpc) is 2.73. The Hall–Kier alpha value is -1.24. The fraction of sp³-hybridized carbons (Fsp3) is 0.769. The molecular formula is C13H22F3N3O. The van der Waals surface area contributed by atoms with Gasteiger partial charge < -0.3 is 10.6 Å². The molecule has 0 aromatic heterocycles. The molecule has 0 aliphatic carbocycles. The second kappa shape index (κ2) is 7.52. The van der Waals surface area contributed by atoms with E-state index in [1.165, 1.54) is 4.90 Å². The highest BCUT2D eigenvalue weighted by molar-refractivity contribution is 5.74. The van der Waals surface area contributed by atoms with Crippen molar-refractivity contribution >= 4 is 6.03 Å². The van der Waals surface area contributed by atoms with Gasteiger partial charge in [0.2, 0.25) is 0 Å². The van der Waals surface area contributed by atoms with Gasteiger partial charge in [0.25, 0.3) is 0 Å². The number of alkyl halides is 3. The molecule has 0 aromatic carbocycles. The molecule has 0 unspecified atom stereocenters. The third-order valence-corrected chi connectivity index (χ3v) is 3.29. The summed E-state index contributed by atoms with van der Waals surface area (Å²) in [5.41, 5.74) is 0. The maximum atomic E-state index is 12.2. The van der Waals surface area contributed by atoms with Gasteiger partial charge in [0.1, 0.15) is 0 Å². The van der Waals surface area contributed by atoms with Gasteiger partial charge in [-0.25, -0.2) is 4.79 Å². The molecule has 1 heterocycles. The molecule has 1 fully saturated rings. The summed E-state index contributed by atoms with van der Waals surface area (Å²) in [6.07, 6.45) is -0.454. The summed E-state index contributed by atoms with van der Waals surface area (Å²) in [4.78, 5) is 13.0. The number of hydrogen-bond acceptors (Lipinski definition) is 2. The van der Waals surface area contributed by atoms with Crippen LogP contribution in [-0.4, -0.2) is 48.8 Å². The maximum Gasteiger partial charge on any atom is 0.401 e. The Morgan fingerprint density at radius 1 is 1.55 bits per heavy atom. The molecule has 1 saturated heterocycles. The van der Waals surface area contributed by atoms with Crippen molar-refractivity contribution < 1.29 is 18.0 Å². The van der Waals surface area contributed by atoms with E-state index >= 15 is 0 Å². The summed E-state index contributed by atoms with van der Waals surface area (Å²) in [5, 5.41) is 5.52. The van der Waals surface area contributed by atoms with Crippen molar-refractivity contribution in [2.45, 2.75) is 44.4 Å². The SMILES string of the molecule is C=CC[C@@H](CC)NC(=O)N[C@@H]1CCN(CC(F)(F)F)C1. The van der Waals surface area contributed by atoms with Gasteiger partial charge in [-0.1, -0.05) is 13.0 Å². The lowest BCUT2D eigenvalue weighted by molar-refractivity contribution is -0.143. The quantitative estimate of drug-likeness (QED) is 0.738. The van der Waals surface area contributed by atoms with Gasteiger partial charge in [-0.05, 0) is 19.3 Å². The largest absolute Gasteiger partial charge is 0.401 e. The summed E-state index contributed by atoms with van der Waals surface area (Å²) in [7, 11) is 0. The second-order valence-corrected chi connectivity index (χ2v) is 5.08. The Morgan fingerprint density at radius 3 is 2.80 bits per heavy atom. The van der Waals surface area contributed by atoms with E-state index < -0.39 is 12.7 Å². The first-order valence-corrected chi connectivity index (χ1v) is 6.81. The van der Waals surface area contributed by atoms with Gasteiger partial charge in [0, 0.05) is 25.2 Å². The highest BCUT2D eigenvalue weighted by Gasteiger charge is 2.34. The summed E-state index contributed by atoms with van der Waals surface area (Å²) in [6, 6.07) is -0.531. The Bertz CT molecular complexity index is 333. The van der Waals surface area contributed by atoms with Gasteiger partial charge >= 0.3 is 12.2 Å². The topological polar surface area (TPSA) is 44.4 Å². The summed E-state index contributed by atoms with van der Waals surface area (Å²) >= 11 is 0. The average molecular weight is 293 g/mol. The van der Waals surface area contributed by atoms with E-state index in [1.807, 2.05) is 6.92 Å². The van der Waals surface area contributed by atoms with E-state index in [-0.39, 0.29) is 24.7 Å². The lowest BCUT2D eigenvalue weighted by Gasteiger charge is -2.20. The van der Waals surface area contributed by atoms with Crippen LogP contribution in [-0.2, 0) is 0 Å². The molecule has 1 aliphatic heterocycles. The second-order valence-electron chi connectivity index (χ2n) is 5.08. The van der Waals surface area contributed by atoms with Crippen molar-refractivity contribution in [3.05, 3.63) is 12.7 Å². The number of rotatable bonds is 6. The zero-order chi connectivity index (χ0) is 15.2. The predicted octanol–water partition coefficient (Wildman–Crippen LogP) is 2.28. The van der Waals surface area contributed by atoms with Gasteiger partial charge in [0.15, 0.2) is 0 Å². The molecule has 0 aromatic rings. The van der Waals surface area contributed by atoms with Crippen LogP contribution in [0.4, 0.5) is 18.0 Å². The molecule has 0 spiro atoms. The normalized spacial score (nSPS) is 21.5. The lowest BCUT2D eigenvalue weighted by Crippen LogP contribution is -2.47. The molecule has 7 heteroatoms. The number of carbonyl (C=O) groups is 1. The van der Waals surface area contributed by atoms with Crippen molar-refractivity contribution in [2.75, 3.05) is 19.6 Å². The summed E-state index contributed by atoms with van der Waals surface area (Å²) in [6.45, 7) is 5.25. The summed E-state index contributed by atoms with van der Waals surface area (Å²) in [5.74, 6) is 0. The Balaban J connectivity index is 2.32. The number of likely N-dealkylation sites (tertiary alicyclic amines) is 1. The number of hydrogen-bond donors (Lipinski definition) is 2. The van der Waals surface area contributed by atoms with Crippen molar-refractivity contribution in [3.63, 3.8) is 0 Å². The monoisotopic (exact) mass is 293 g/mol. The van der Waals surface area contributed by atoms with Crippen LogP contribution in [0.25, 0.3) is 0 Å². The molecule has 0 saturated carbocycles. The Labute approximate surface area is 117 Å². The third-order valence-electron chi connectivity index (χ3n) is 3.29. The number of nitrogens with zero attached hydrogens (tertiary/aromatic N) is 1. The summed E-state index contributed by atoms with van der Waals surface area (Å²) < 4.78 is 36.7. The van der Waals surface area contributed by atoms with Gasteiger partial charge in [0.05, 0.1) is 6.54 Å². The number of urea groups is 1. The molecular weight excluding hydrogens is 271 g/mol. The van der Waals surface area contributed by atoms with Crippen LogP contribution < -0.4 is 10.6 Å². The van der Waals surface area contributed by atoms with E-state index in [0.29, 0.717) is 19.4 Å². The smallest absolute Gasteiger partial charge is 0.335 e. The molecule has 1 aliphatic rings. The Kier molecular flexibility index (Phi) is 6.32. The molecule has 2 atom stereocenters. The fourth-order valence-electron chi connectivity index (χ4n) is 2.29. The van der Waals surface area contributed by atoms with E-state index in [1.54, 1.807) is 6.08 Å². The standard InChI is InChI=1S/C13H22F3N3O/c1-3-5-10(4-2)17-12(20)18-11-6-7-19(8-11)9-13(14,15)16/h3,10-11H,1,4-9H2,2H3,(H2,17,18,20)/t10-,11-/m1/s1. The minimum atomic E-state index is -4.19. The minimum Gasteiger partial charge on any atom is -0.335 e. The number of amides is 2. The molecule has 2 amide bonds. The number of halogens is 3. The van der Waals surface area contributed by atoms with Crippen LogP contribution in [0.15, 0.2) is 12.7 Å².